The third-order valence-corrected chi connectivity index (χ3v) is 18.7. The molecule has 0 saturated heterocycles. The number of aryl methyl sites for hydroxylation is 4. The maximum absolute atomic E-state index is 12.9. The minimum atomic E-state index is -0.218. The van der Waals surface area contributed by atoms with Crippen LogP contribution in [0.1, 0.15) is 171 Å². The number of nitrogens with zero attached hydrogens (tertiary/aromatic N) is 9. The first-order valence-corrected chi connectivity index (χ1v) is 31.8. The van der Waals surface area contributed by atoms with Crippen molar-refractivity contribution in [3.05, 3.63) is 196 Å². The van der Waals surface area contributed by atoms with Gasteiger partial charge in [-0.25, -0.2) is 15.0 Å². The second-order valence-corrected chi connectivity index (χ2v) is 24.6. The SMILES string of the molecule is N#Cc1cc2cnc(Cl)cc2n(C2CCCC2)c1=O.N#Cc1cc2cnc(Nc3ccc4c(c3)CCCC4)cc2n(C2CCCC2)c1=O.N#Cc1cc2cnc(Nc3ccc4c(c3)CNCC4)cc2n(C2CCCC2)c1=O.Nc1ccc2c(c1)CCCC2. The molecule has 6 aliphatic rings. The highest BCUT2D eigenvalue weighted by molar-refractivity contribution is 6.30. The molecule has 5 aliphatic carbocycles. The molecule has 0 unspecified atom stereocenters. The quantitative estimate of drug-likeness (QED) is 0.0859. The van der Waals surface area contributed by atoms with E-state index in [0.717, 1.165) is 159 Å². The van der Waals surface area contributed by atoms with E-state index in [9.17, 15) is 24.9 Å². The molecule has 9 aromatic rings. The molecule has 446 valence electrons. The summed E-state index contributed by atoms with van der Waals surface area (Å²) in [5, 5.41) is 40.9. The summed E-state index contributed by atoms with van der Waals surface area (Å²) in [6.45, 7) is 1.91. The van der Waals surface area contributed by atoms with Crippen LogP contribution in [0.15, 0.2) is 124 Å². The molecule has 3 saturated carbocycles. The van der Waals surface area contributed by atoms with Gasteiger partial charge in [-0.1, -0.05) is 68.3 Å². The van der Waals surface area contributed by atoms with Crippen molar-refractivity contribution in [3.8, 4) is 18.2 Å². The zero-order valence-corrected chi connectivity index (χ0v) is 50.3. The van der Waals surface area contributed by atoms with E-state index >= 15 is 0 Å². The van der Waals surface area contributed by atoms with Crippen LogP contribution >= 0.6 is 11.6 Å². The molecule has 3 fully saturated rings. The minimum Gasteiger partial charge on any atom is -0.399 e. The second-order valence-electron chi connectivity index (χ2n) is 24.3. The number of benzene rings is 3. The average Bonchev–Trinajstić information content (AvgIpc) is 2.76. The van der Waals surface area contributed by atoms with Gasteiger partial charge in [0, 0.05) is 88.6 Å². The van der Waals surface area contributed by atoms with Gasteiger partial charge in [-0.3, -0.25) is 14.4 Å². The van der Waals surface area contributed by atoms with Crippen LogP contribution in [-0.2, 0) is 38.6 Å². The fraction of sp³-hybridized carbons (Fsp3) is 0.366. The predicted octanol–water partition coefficient (Wildman–Crippen LogP) is 14.0. The van der Waals surface area contributed by atoms with Crippen molar-refractivity contribution in [2.75, 3.05) is 22.9 Å². The summed E-state index contributed by atoms with van der Waals surface area (Å²) in [6, 6.07) is 36.3. The Labute approximate surface area is 516 Å². The molecule has 0 amide bonds. The van der Waals surface area contributed by atoms with Crippen LogP contribution in [0.3, 0.4) is 0 Å². The Balaban J connectivity index is 0.000000120. The van der Waals surface area contributed by atoms with Crippen LogP contribution in [0.2, 0.25) is 5.15 Å². The maximum Gasteiger partial charge on any atom is 0.269 e. The lowest BCUT2D eigenvalue weighted by Gasteiger charge is -2.19. The number of pyridine rings is 6. The van der Waals surface area contributed by atoms with Crippen molar-refractivity contribution in [3.63, 3.8) is 0 Å². The molecule has 0 atom stereocenters. The Morgan fingerprint density at radius 2 is 0.841 bits per heavy atom. The van der Waals surface area contributed by atoms with Gasteiger partial charge < -0.3 is 35.4 Å². The summed E-state index contributed by atoms with van der Waals surface area (Å²) in [4.78, 5) is 51.4. The number of nitrogens with one attached hydrogen (secondary N) is 3. The van der Waals surface area contributed by atoms with Gasteiger partial charge in [0.05, 0.1) is 16.6 Å². The Morgan fingerprint density at radius 3 is 1.30 bits per heavy atom. The highest BCUT2D eigenvalue weighted by Gasteiger charge is 2.25. The van der Waals surface area contributed by atoms with Crippen LogP contribution in [-0.4, -0.2) is 35.2 Å². The van der Waals surface area contributed by atoms with E-state index in [4.69, 9.17) is 22.6 Å². The van der Waals surface area contributed by atoms with Crippen molar-refractivity contribution in [2.24, 2.45) is 0 Å². The predicted molar refractivity (Wildman–Crippen MR) is 349 cm³/mol. The van der Waals surface area contributed by atoms with Crippen molar-refractivity contribution >= 4 is 73.0 Å². The molecule has 5 N–H and O–H groups in total. The van der Waals surface area contributed by atoms with Crippen molar-refractivity contribution in [2.45, 2.75) is 160 Å². The smallest absolute Gasteiger partial charge is 0.269 e. The second kappa shape index (κ2) is 26.9. The Hall–Kier alpha value is -9.14. The monoisotopic (exact) mass is 1190 g/mol. The number of fused-ring (bicyclic) bond motifs is 6. The Kier molecular flexibility index (Phi) is 18.1. The topological polar surface area (TPSA) is 238 Å². The lowest BCUT2D eigenvalue weighted by Crippen LogP contribution is -2.26. The minimum absolute atomic E-state index is 0.156. The van der Waals surface area contributed by atoms with Crippen LogP contribution in [0.5, 0.6) is 0 Å². The van der Waals surface area contributed by atoms with E-state index in [0.29, 0.717) is 11.0 Å². The van der Waals surface area contributed by atoms with Crippen molar-refractivity contribution in [1.29, 1.82) is 15.8 Å². The number of rotatable bonds is 7. The third-order valence-electron chi connectivity index (χ3n) is 18.5. The lowest BCUT2D eigenvalue weighted by atomic mass is 9.91. The van der Waals surface area contributed by atoms with Gasteiger partial charge in [-0.15, -0.1) is 0 Å². The van der Waals surface area contributed by atoms with Gasteiger partial charge in [0.15, 0.2) is 0 Å². The number of halogens is 1. The van der Waals surface area contributed by atoms with Gasteiger partial charge >= 0.3 is 0 Å². The number of nitrogens with two attached hydrogens (primary N) is 1. The summed E-state index contributed by atoms with van der Waals surface area (Å²) in [5.74, 6) is 1.43. The first-order valence-electron chi connectivity index (χ1n) is 31.4. The molecule has 15 rings (SSSR count). The van der Waals surface area contributed by atoms with Crippen LogP contribution in [0.25, 0.3) is 32.7 Å². The average molecular weight is 1190 g/mol. The highest BCUT2D eigenvalue weighted by atomic mass is 35.5. The molecule has 17 heteroatoms. The van der Waals surface area contributed by atoms with E-state index in [2.05, 4.69) is 91.6 Å². The summed E-state index contributed by atoms with van der Waals surface area (Å²) in [6.07, 6.45) is 28.8. The number of hydrogen-bond acceptors (Lipinski definition) is 13. The normalized spacial score (nSPS) is 16.3. The molecule has 0 bridgehead atoms. The van der Waals surface area contributed by atoms with Crippen molar-refractivity contribution in [1.82, 2.24) is 34.0 Å². The van der Waals surface area contributed by atoms with E-state index in [1.807, 2.05) is 33.4 Å². The Morgan fingerprint density at radius 1 is 0.455 bits per heavy atom. The highest BCUT2D eigenvalue weighted by Crippen LogP contribution is 2.36. The van der Waals surface area contributed by atoms with Gasteiger partial charge in [-0.2, -0.15) is 15.8 Å². The van der Waals surface area contributed by atoms with Crippen LogP contribution in [0, 0.1) is 34.0 Å². The molecule has 0 spiro atoms. The number of nitriles is 3. The summed E-state index contributed by atoms with van der Waals surface area (Å²) in [5.41, 5.74) is 19.6. The Bertz CT molecular complexity index is 4250. The molecular formula is C71H72ClN13O3. The lowest BCUT2D eigenvalue weighted by molar-refractivity contribution is 0.518. The number of hydrogen-bond donors (Lipinski definition) is 4. The van der Waals surface area contributed by atoms with E-state index < -0.39 is 0 Å². The van der Waals surface area contributed by atoms with E-state index in [-0.39, 0.29) is 51.5 Å². The third kappa shape index (κ3) is 12.9. The fourth-order valence-electron chi connectivity index (χ4n) is 14.0. The van der Waals surface area contributed by atoms with Gasteiger partial charge in [0.1, 0.15) is 51.7 Å². The van der Waals surface area contributed by atoms with Crippen molar-refractivity contribution < 1.29 is 0 Å². The largest absolute Gasteiger partial charge is 0.399 e. The first kappa shape index (κ1) is 59.2. The molecule has 7 heterocycles. The zero-order valence-electron chi connectivity index (χ0n) is 49.6. The summed E-state index contributed by atoms with van der Waals surface area (Å²) in [7, 11) is 0. The number of anilines is 5. The van der Waals surface area contributed by atoms with Gasteiger partial charge in [0.2, 0.25) is 0 Å². The van der Waals surface area contributed by atoms with Gasteiger partial charge in [0.25, 0.3) is 16.7 Å². The fourth-order valence-corrected chi connectivity index (χ4v) is 14.2. The maximum atomic E-state index is 12.9. The zero-order chi connectivity index (χ0) is 60.7. The van der Waals surface area contributed by atoms with Crippen LogP contribution < -0.4 is 38.4 Å². The molecule has 88 heavy (non-hydrogen) atoms. The van der Waals surface area contributed by atoms with Gasteiger partial charge in [-0.05, 0) is 197 Å². The van der Waals surface area contributed by atoms with E-state index in [1.54, 1.807) is 47.4 Å². The first-order chi connectivity index (χ1) is 43.0. The standard InChI is InChI=1S/C24H24N4O.C23H23N5O.C14H12ClN3O.C10H13N/c25-14-18-11-19-15-26-23(13-22(19)28(24(18)29)21-7-3-4-8-21)27-20-10-9-16-5-1-2-6-17(16)12-20;24-12-16-9-18-14-26-22(11-21(18)28(23(16)29)20-3-1-2-4-20)27-19-6-5-15-7-8-25-13-17(15)10-19;15-13-6-12-10(8-17-13)5-9(7-16)14(19)18(12)11-3-1-2-4-11;11-10-6-5-8-3-1-2-4-9(8)7-10/h9-13,15,21H,1-8H2,(H,26,27);5-6,9-11,14,20,25H,1-4,7-8,13H2,(H,26,27);5-6,8,11H,1-4H2;5-7H,1-4,11H2. The summed E-state index contributed by atoms with van der Waals surface area (Å²) < 4.78 is 5.39. The molecule has 0 radical (unpaired) electrons. The summed E-state index contributed by atoms with van der Waals surface area (Å²) >= 11 is 5.93. The number of nitrogen functional groups attached to an aromatic ring is 1. The van der Waals surface area contributed by atoms with E-state index in [1.165, 1.54) is 78.3 Å². The molecule has 1 aliphatic heterocycles. The molecular weight excluding hydrogens is 1120 g/mol. The molecule has 16 nitrogen and oxygen atoms in total. The molecule has 6 aromatic heterocycles. The number of aromatic nitrogens is 6. The van der Waals surface area contributed by atoms with Crippen LogP contribution in [0.4, 0.5) is 28.7 Å². The molecule has 3 aromatic carbocycles.